The maximum atomic E-state index is 13.4. The number of rotatable bonds is 3. The molecule has 4 heteroatoms. The zero-order valence-corrected chi connectivity index (χ0v) is 12.4. The minimum absolute atomic E-state index is 0.298. The van der Waals surface area contributed by atoms with Crippen LogP contribution in [0.1, 0.15) is 16.5 Å². The lowest BCUT2D eigenvalue weighted by molar-refractivity contribution is 0.617. The third-order valence-corrected chi connectivity index (χ3v) is 4.08. The van der Waals surface area contributed by atoms with Crippen LogP contribution in [-0.4, -0.2) is 0 Å². The van der Waals surface area contributed by atoms with Crippen LogP contribution in [0.3, 0.4) is 0 Å². The van der Waals surface area contributed by atoms with Gasteiger partial charge in [-0.05, 0) is 51.7 Å². The highest BCUT2D eigenvalue weighted by atomic mass is 79.9. The molecule has 0 radical (unpaired) electrons. The summed E-state index contributed by atoms with van der Waals surface area (Å²) < 4.78 is 13.8. The fourth-order valence-corrected chi connectivity index (χ4v) is 2.99. The fourth-order valence-electron chi connectivity index (χ4n) is 1.74. The third kappa shape index (κ3) is 3.25. The van der Waals surface area contributed by atoms with Crippen LogP contribution in [0.2, 0.25) is 5.02 Å². The molecule has 2 aromatic rings. The highest BCUT2D eigenvalue weighted by Crippen LogP contribution is 2.32. The molecule has 0 heterocycles. The smallest absolute Gasteiger partial charge is 0.137 e. The highest BCUT2D eigenvalue weighted by molar-refractivity contribution is 9.10. The maximum absolute atomic E-state index is 13.4. The topological polar surface area (TPSA) is 0 Å². The van der Waals surface area contributed by atoms with E-state index in [0.29, 0.717) is 15.9 Å². The summed E-state index contributed by atoms with van der Waals surface area (Å²) >= 11 is 15.5. The van der Waals surface area contributed by atoms with Gasteiger partial charge in [-0.3, -0.25) is 0 Å². The zero-order chi connectivity index (χ0) is 13.1. The normalized spacial score (nSPS) is 12.4. The van der Waals surface area contributed by atoms with Gasteiger partial charge in [-0.1, -0.05) is 35.9 Å². The van der Waals surface area contributed by atoms with Crippen molar-refractivity contribution in [3.63, 3.8) is 0 Å². The molecule has 0 aliphatic rings. The second kappa shape index (κ2) is 6.05. The molecule has 0 aromatic heterocycles. The number of hydrogen-bond acceptors (Lipinski definition) is 0. The average molecular weight is 348 g/mol. The van der Waals surface area contributed by atoms with E-state index < -0.39 is 0 Å². The first-order valence-electron chi connectivity index (χ1n) is 5.40. The van der Waals surface area contributed by atoms with Crippen LogP contribution in [0.5, 0.6) is 0 Å². The zero-order valence-electron chi connectivity index (χ0n) is 9.34. The van der Waals surface area contributed by atoms with Crippen molar-refractivity contribution in [2.24, 2.45) is 0 Å². The van der Waals surface area contributed by atoms with Crippen LogP contribution in [-0.2, 0) is 6.42 Å². The Morgan fingerprint density at radius 3 is 2.61 bits per heavy atom. The minimum atomic E-state index is -0.302. The van der Waals surface area contributed by atoms with Crippen LogP contribution in [0.25, 0.3) is 0 Å². The van der Waals surface area contributed by atoms with Crippen molar-refractivity contribution < 1.29 is 4.39 Å². The number of alkyl halides is 1. The standard InChI is InChI=1S/C14H10BrCl2F/c15-14-11(5-2-6-13(14)18)12(17)8-9-3-1-4-10(16)7-9/h1-7,12H,8H2. The number of halogens is 4. The molecule has 0 aliphatic heterocycles. The third-order valence-electron chi connectivity index (χ3n) is 2.62. The Balaban J connectivity index is 2.22. The van der Waals surface area contributed by atoms with E-state index in [4.69, 9.17) is 23.2 Å². The van der Waals surface area contributed by atoms with Gasteiger partial charge in [0.1, 0.15) is 5.82 Å². The Bertz CT molecular complexity index is 557. The van der Waals surface area contributed by atoms with Crippen molar-refractivity contribution in [3.8, 4) is 0 Å². The summed E-state index contributed by atoms with van der Waals surface area (Å²) in [5.74, 6) is -0.302. The van der Waals surface area contributed by atoms with Gasteiger partial charge in [0, 0.05) is 5.02 Å². The van der Waals surface area contributed by atoms with Crippen molar-refractivity contribution in [3.05, 3.63) is 68.9 Å². The molecule has 2 rings (SSSR count). The minimum Gasteiger partial charge on any atom is -0.206 e. The molecule has 0 nitrogen and oxygen atoms in total. The molecule has 0 amide bonds. The molecule has 2 aromatic carbocycles. The first-order valence-corrected chi connectivity index (χ1v) is 7.01. The van der Waals surface area contributed by atoms with Gasteiger partial charge in [0.25, 0.3) is 0 Å². The lowest BCUT2D eigenvalue weighted by Crippen LogP contribution is -1.98. The second-order valence-corrected chi connectivity index (χ2v) is 5.70. The Hall–Kier alpha value is -0.570. The van der Waals surface area contributed by atoms with Crippen LogP contribution >= 0.6 is 39.1 Å². The van der Waals surface area contributed by atoms with Gasteiger partial charge in [0.15, 0.2) is 0 Å². The number of benzene rings is 2. The average Bonchev–Trinajstić information content (AvgIpc) is 2.32. The fraction of sp³-hybridized carbons (Fsp3) is 0.143. The van der Waals surface area contributed by atoms with Crippen molar-refractivity contribution >= 4 is 39.1 Å². The highest BCUT2D eigenvalue weighted by Gasteiger charge is 2.14. The van der Waals surface area contributed by atoms with Gasteiger partial charge in [0.2, 0.25) is 0 Å². The van der Waals surface area contributed by atoms with E-state index in [2.05, 4.69) is 15.9 Å². The van der Waals surface area contributed by atoms with Gasteiger partial charge in [-0.2, -0.15) is 0 Å². The summed E-state index contributed by atoms with van der Waals surface area (Å²) in [6.07, 6.45) is 0.601. The lowest BCUT2D eigenvalue weighted by atomic mass is 10.0. The first kappa shape index (κ1) is 13.9. The van der Waals surface area contributed by atoms with Crippen molar-refractivity contribution in [1.82, 2.24) is 0 Å². The van der Waals surface area contributed by atoms with Crippen molar-refractivity contribution in [1.29, 1.82) is 0 Å². The molecular weight excluding hydrogens is 338 g/mol. The predicted molar refractivity (Wildman–Crippen MR) is 77.9 cm³/mol. The van der Waals surface area contributed by atoms with Crippen LogP contribution in [0.15, 0.2) is 46.9 Å². The molecular formula is C14H10BrCl2F. The SMILES string of the molecule is Fc1cccc(C(Cl)Cc2cccc(Cl)c2)c1Br. The summed E-state index contributed by atoms with van der Waals surface area (Å²) in [4.78, 5) is 0. The molecule has 0 spiro atoms. The van der Waals surface area contributed by atoms with Gasteiger partial charge in [0.05, 0.1) is 9.85 Å². The molecule has 1 unspecified atom stereocenters. The van der Waals surface area contributed by atoms with E-state index in [0.717, 1.165) is 11.1 Å². The largest absolute Gasteiger partial charge is 0.206 e. The van der Waals surface area contributed by atoms with E-state index >= 15 is 0 Å². The molecule has 0 bridgehead atoms. The van der Waals surface area contributed by atoms with E-state index in [1.165, 1.54) is 6.07 Å². The summed E-state index contributed by atoms with van der Waals surface area (Å²) in [5.41, 5.74) is 1.77. The second-order valence-electron chi connectivity index (χ2n) is 3.94. The van der Waals surface area contributed by atoms with E-state index in [9.17, 15) is 4.39 Å². The quantitative estimate of drug-likeness (QED) is 0.619. The van der Waals surface area contributed by atoms with Gasteiger partial charge in [-0.25, -0.2) is 4.39 Å². The van der Waals surface area contributed by atoms with Crippen LogP contribution in [0.4, 0.5) is 4.39 Å². The maximum Gasteiger partial charge on any atom is 0.137 e. The summed E-state index contributed by atoms with van der Waals surface area (Å²) in [5, 5.41) is 0.378. The van der Waals surface area contributed by atoms with Crippen LogP contribution in [0, 0.1) is 5.82 Å². The molecule has 0 saturated heterocycles. The Morgan fingerprint density at radius 2 is 1.89 bits per heavy atom. The Labute approximate surface area is 124 Å². The molecule has 0 fully saturated rings. The lowest BCUT2D eigenvalue weighted by Gasteiger charge is -2.12. The van der Waals surface area contributed by atoms with Gasteiger partial charge < -0.3 is 0 Å². The molecule has 18 heavy (non-hydrogen) atoms. The summed E-state index contributed by atoms with van der Waals surface area (Å²) in [7, 11) is 0. The van der Waals surface area contributed by atoms with E-state index in [1.807, 2.05) is 30.3 Å². The Kier molecular flexibility index (Phi) is 4.66. The van der Waals surface area contributed by atoms with Crippen LogP contribution < -0.4 is 0 Å². The first-order chi connectivity index (χ1) is 8.58. The van der Waals surface area contributed by atoms with Crippen molar-refractivity contribution in [2.75, 3.05) is 0 Å². The molecule has 94 valence electrons. The van der Waals surface area contributed by atoms with Crippen molar-refractivity contribution in [2.45, 2.75) is 11.8 Å². The molecule has 1 atom stereocenters. The summed E-state index contributed by atoms with van der Waals surface area (Å²) in [6, 6.07) is 12.4. The van der Waals surface area contributed by atoms with E-state index in [1.54, 1.807) is 6.07 Å². The van der Waals surface area contributed by atoms with Gasteiger partial charge in [-0.15, -0.1) is 11.6 Å². The van der Waals surface area contributed by atoms with Gasteiger partial charge >= 0.3 is 0 Å². The molecule has 0 saturated carbocycles. The summed E-state index contributed by atoms with van der Waals surface area (Å²) in [6.45, 7) is 0. The number of hydrogen-bond donors (Lipinski definition) is 0. The molecule has 0 N–H and O–H groups in total. The monoisotopic (exact) mass is 346 g/mol. The predicted octanol–water partition coefficient (Wildman–Crippen LogP) is 5.76. The Morgan fingerprint density at radius 1 is 1.17 bits per heavy atom. The van der Waals surface area contributed by atoms with E-state index in [-0.39, 0.29) is 11.2 Å². The molecule has 0 aliphatic carbocycles.